The van der Waals surface area contributed by atoms with Crippen LogP contribution < -0.4 is 20.5 Å². The number of methoxy groups -OCH3 is 1. The minimum atomic E-state index is -0.328. The quantitative estimate of drug-likeness (QED) is 0.165. The van der Waals surface area contributed by atoms with Crippen molar-refractivity contribution < 1.29 is 14.3 Å². The number of benzene rings is 3. The zero-order chi connectivity index (χ0) is 24.6. The average molecular weight is 489 g/mol. The fraction of sp³-hybridized carbons (Fsp3) is 0.154. The van der Waals surface area contributed by atoms with Crippen LogP contribution in [0.5, 0.6) is 11.5 Å². The Morgan fingerprint density at radius 3 is 2.63 bits per heavy atom. The van der Waals surface area contributed by atoms with E-state index in [-0.39, 0.29) is 17.2 Å². The Labute approximate surface area is 206 Å². The molecule has 0 spiro atoms. The Balaban J connectivity index is 1.49. The number of hydrogen-bond donors (Lipinski definition) is 1. The van der Waals surface area contributed by atoms with Crippen molar-refractivity contribution in [2.75, 3.05) is 19.5 Å². The van der Waals surface area contributed by atoms with Crippen LogP contribution in [-0.4, -0.2) is 41.1 Å². The molecule has 0 saturated heterocycles. The van der Waals surface area contributed by atoms with Crippen molar-refractivity contribution in [2.45, 2.75) is 12.1 Å². The smallest absolute Gasteiger partial charge is 0.266 e. The highest BCUT2D eigenvalue weighted by molar-refractivity contribution is 7.99. The van der Waals surface area contributed by atoms with Gasteiger partial charge in [0, 0.05) is 0 Å². The van der Waals surface area contributed by atoms with Crippen molar-refractivity contribution in [1.29, 1.82) is 0 Å². The van der Waals surface area contributed by atoms with Gasteiger partial charge in [-0.3, -0.25) is 14.2 Å². The van der Waals surface area contributed by atoms with E-state index in [9.17, 15) is 9.59 Å². The van der Waals surface area contributed by atoms with Gasteiger partial charge in [-0.25, -0.2) is 10.4 Å². The number of hydrazone groups is 1. The minimum Gasteiger partial charge on any atom is -0.493 e. The van der Waals surface area contributed by atoms with Gasteiger partial charge >= 0.3 is 0 Å². The second kappa shape index (κ2) is 11.3. The van der Waals surface area contributed by atoms with Gasteiger partial charge < -0.3 is 9.47 Å². The first-order valence-corrected chi connectivity index (χ1v) is 11.9. The van der Waals surface area contributed by atoms with Crippen molar-refractivity contribution in [3.05, 3.63) is 88.7 Å². The lowest BCUT2D eigenvalue weighted by Crippen LogP contribution is -2.24. The number of thioether (sulfide) groups is 1. The summed E-state index contributed by atoms with van der Waals surface area (Å²) < 4.78 is 12.4. The van der Waals surface area contributed by atoms with Crippen LogP contribution >= 0.6 is 11.8 Å². The predicted molar refractivity (Wildman–Crippen MR) is 138 cm³/mol. The molecule has 0 aliphatic rings. The standard InChI is InChI=1S/C26H24N4O4S/c1-3-34-22-14-13-18(15-23(22)33-2)16-27-29-24(31)17-35-26-28-21-12-8-7-11-20(21)25(32)30(26)19-9-5-4-6-10-19/h4-16H,3,17H2,1-2H3,(H,29,31)/b27-16+. The summed E-state index contributed by atoms with van der Waals surface area (Å²) in [6.45, 7) is 2.43. The van der Waals surface area contributed by atoms with Crippen LogP contribution in [-0.2, 0) is 4.79 Å². The van der Waals surface area contributed by atoms with Crippen LogP contribution in [0.15, 0.2) is 87.8 Å². The monoisotopic (exact) mass is 488 g/mol. The molecule has 4 aromatic rings. The lowest BCUT2D eigenvalue weighted by Gasteiger charge is -2.12. The molecule has 0 atom stereocenters. The largest absolute Gasteiger partial charge is 0.493 e. The van der Waals surface area contributed by atoms with Gasteiger partial charge in [-0.2, -0.15) is 5.10 Å². The Morgan fingerprint density at radius 2 is 1.86 bits per heavy atom. The van der Waals surface area contributed by atoms with E-state index in [1.54, 1.807) is 37.4 Å². The van der Waals surface area contributed by atoms with Gasteiger partial charge in [0.25, 0.3) is 11.5 Å². The number of carbonyl (C=O) groups excluding carboxylic acids is 1. The van der Waals surface area contributed by atoms with Crippen molar-refractivity contribution in [3.63, 3.8) is 0 Å². The molecule has 178 valence electrons. The number of nitrogens with one attached hydrogen (secondary N) is 1. The number of para-hydroxylation sites is 2. The molecule has 0 bridgehead atoms. The molecular formula is C26H24N4O4S. The summed E-state index contributed by atoms with van der Waals surface area (Å²) in [5.74, 6) is 0.923. The highest BCUT2D eigenvalue weighted by Crippen LogP contribution is 2.27. The van der Waals surface area contributed by atoms with Crippen molar-refractivity contribution in [2.24, 2.45) is 5.10 Å². The van der Waals surface area contributed by atoms with Crippen LogP contribution in [0.2, 0.25) is 0 Å². The normalized spacial score (nSPS) is 11.0. The number of fused-ring (bicyclic) bond motifs is 1. The Kier molecular flexibility index (Phi) is 7.79. The summed E-state index contributed by atoms with van der Waals surface area (Å²) >= 11 is 1.17. The van der Waals surface area contributed by atoms with Crippen LogP contribution in [0.4, 0.5) is 0 Å². The van der Waals surface area contributed by atoms with Gasteiger partial charge in [-0.1, -0.05) is 42.1 Å². The molecule has 0 saturated carbocycles. The van der Waals surface area contributed by atoms with E-state index in [2.05, 4.69) is 15.5 Å². The summed E-state index contributed by atoms with van der Waals surface area (Å²) in [5, 5.41) is 4.97. The summed E-state index contributed by atoms with van der Waals surface area (Å²) in [7, 11) is 1.56. The molecule has 3 aromatic carbocycles. The van der Waals surface area contributed by atoms with E-state index in [1.807, 2.05) is 49.4 Å². The summed E-state index contributed by atoms with van der Waals surface area (Å²) in [5.41, 5.74) is 4.33. The summed E-state index contributed by atoms with van der Waals surface area (Å²) in [4.78, 5) is 30.3. The fourth-order valence-corrected chi connectivity index (χ4v) is 4.20. The first-order chi connectivity index (χ1) is 17.1. The van der Waals surface area contributed by atoms with Crippen LogP contribution in [0.3, 0.4) is 0 Å². The highest BCUT2D eigenvalue weighted by atomic mass is 32.2. The zero-order valence-corrected chi connectivity index (χ0v) is 20.1. The third-order valence-electron chi connectivity index (χ3n) is 4.98. The molecule has 35 heavy (non-hydrogen) atoms. The number of amides is 1. The Hall–Kier alpha value is -4.11. The molecule has 9 heteroatoms. The molecular weight excluding hydrogens is 464 g/mol. The Morgan fingerprint density at radius 1 is 1.09 bits per heavy atom. The number of nitrogens with zero attached hydrogens (tertiary/aromatic N) is 3. The molecule has 0 aliphatic carbocycles. The maximum atomic E-state index is 13.2. The molecule has 0 unspecified atom stereocenters. The van der Waals surface area contributed by atoms with Crippen molar-refractivity contribution in [3.8, 4) is 17.2 Å². The van der Waals surface area contributed by atoms with E-state index < -0.39 is 0 Å². The van der Waals surface area contributed by atoms with E-state index >= 15 is 0 Å². The van der Waals surface area contributed by atoms with Crippen molar-refractivity contribution in [1.82, 2.24) is 15.0 Å². The van der Waals surface area contributed by atoms with E-state index in [0.717, 1.165) is 5.56 Å². The second-order valence-electron chi connectivity index (χ2n) is 7.31. The van der Waals surface area contributed by atoms with Gasteiger partial charge in [0.1, 0.15) is 0 Å². The number of hydrogen-bond acceptors (Lipinski definition) is 7. The summed E-state index contributed by atoms with van der Waals surface area (Å²) in [6.07, 6.45) is 1.52. The molecule has 1 aromatic heterocycles. The van der Waals surface area contributed by atoms with Gasteiger partial charge in [0.15, 0.2) is 16.7 Å². The predicted octanol–water partition coefficient (Wildman–Crippen LogP) is 4.04. The number of ether oxygens (including phenoxy) is 2. The first kappa shape index (κ1) is 24.0. The zero-order valence-electron chi connectivity index (χ0n) is 19.3. The van der Waals surface area contributed by atoms with Crippen LogP contribution in [0.25, 0.3) is 16.6 Å². The number of aromatic nitrogens is 2. The van der Waals surface area contributed by atoms with Gasteiger partial charge in [0.2, 0.25) is 0 Å². The minimum absolute atomic E-state index is 0.0293. The number of carbonyl (C=O) groups is 1. The average Bonchev–Trinajstić information content (AvgIpc) is 2.89. The maximum absolute atomic E-state index is 13.2. The first-order valence-electron chi connectivity index (χ1n) is 10.9. The maximum Gasteiger partial charge on any atom is 0.266 e. The van der Waals surface area contributed by atoms with Crippen molar-refractivity contribution >= 4 is 34.8 Å². The molecule has 1 amide bonds. The molecule has 0 radical (unpaired) electrons. The van der Waals surface area contributed by atoms with E-state index in [1.165, 1.54) is 22.5 Å². The molecule has 4 rings (SSSR count). The molecule has 1 heterocycles. The van der Waals surface area contributed by atoms with E-state index in [4.69, 9.17) is 9.47 Å². The second-order valence-corrected chi connectivity index (χ2v) is 8.26. The van der Waals surface area contributed by atoms with Gasteiger partial charge in [-0.05, 0) is 55.0 Å². The van der Waals surface area contributed by atoms with Gasteiger partial charge in [-0.15, -0.1) is 0 Å². The molecule has 8 nitrogen and oxygen atoms in total. The summed E-state index contributed by atoms with van der Waals surface area (Å²) in [6, 6.07) is 21.8. The third kappa shape index (κ3) is 5.70. The lowest BCUT2D eigenvalue weighted by molar-refractivity contribution is -0.118. The topological polar surface area (TPSA) is 94.8 Å². The van der Waals surface area contributed by atoms with E-state index in [0.29, 0.717) is 39.9 Å². The Bertz CT molecular complexity index is 1420. The van der Waals surface area contributed by atoms with Gasteiger partial charge in [0.05, 0.1) is 42.3 Å². The fourth-order valence-electron chi connectivity index (χ4n) is 3.39. The van der Waals surface area contributed by atoms with Crippen LogP contribution in [0.1, 0.15) is 12.5 Å². The lowest BCUT2D eigenvalue weighted by atomic mass is 10.2. The highest BCUT2D eigenvalue weighted by Gasteiger charge is 2.14. The van der Waals surface area contributed by atoms with Crippen LogP contribution in [0, 0.1) is 0 Å². The number of rotatable bonds is 9. The molecule has 1 N–H and O–H groups in total. The molecule has 0 fully saturated rings. The third-order valence-corrected chi connectivity index (χ3v) is 5.92. The molecule has 0 aliphatic heterocycles. The SMILES string of the molecule is CCOc1ccc(/C=N/NC(=O)CSc2nc3ccccc3c(=O)n2-c2ccccc2)cc1OC.